The first-order valence-electron chi connectivity index (χ1n) is 7.65. The molecule has 0 spiro atoms. The molecule has 0 bridgehead atoms. The molecule has 0 heterocycles. The maximum absolute atomic E-state index is 12.2. The van der Waals surface area contributed by atoms with E-state index >= 15 is 0 Å². The first kappa shape index (κ1) is 18.5. The van der Waals surface area contributed by atoms with Crippen molar-refractivity contribution >= 4 is 41.0 Å². The predicted octanol–water partition coefficient (Wildman–Crippen LogP) is 2.48. The van der Waals surface area contributed by atoms with Gasteiger partial charge in [-0.3, -0.25) is 9.59 Å². The fourth-order valence-electron chi connectivity index (χ4n) is 2.68. The van der Waals surface area contributed by atoms with Gasteiger partial charge in [-0.15, -0.1) is 0 Å². The molecule has 1 aliphatic rings. The zero-order valence-corrected chi connectivity index (χ0v) is 14.4. The van der Waals surface area contributed by atoms with E-state index in [2.05, 4.69) is 10.6 Å². The Hall–Kier alpha value is -1.79. The molecule has 2 amide bonds. The quantitative estimate of drug-likeness (QED) is 0.714. The van der Waals surface area contributed by atoms with Gasteiger partial charge in [0, 0.05) is 12.5 Å². The fraction of sp³-hybridized carbons (Fsp3) is 0.438. The first-order chi connectivity index (χ1) is 11.4. The Labute approximate surface area is 149 Å². The van der Waals surface area contributed by atoms with Crippen LogP contribution in [0.25, 0.3) is 0 Å². The van der Waals surface area contributed by atoms with Crippen molar-refractivity contribution in [2.75, 3.05) is 6.54 Å². The van der Waals surface area contributed by atoms with Crippen molar-refractivity contribution in [3.8, 4) is 0 Å². The van der Waals surface area contributed by atoms with Crippen LogP contribution in [-0.4, -0.2) is 35.5 Å². The van der Waals surface area contributed by atoms with E-state index in [1.807, 2.05) is 0 Å². The summed E-state index contributed by atoms with van der Waals surface area (Å²) in [6.45, 7) is -0.196. The van der Waals surface area contributed by atoms with Gasteiger partial charge in [-0.25, -0.2) is 4.79 Å². The molecule has 0 unspecified atom stereocenters. The topological polar surface area (TPSA) is 95.5 Å². The molecule has 0 radical (unpaired) electrons. The van der Waals surface area contributed by atoms with Crippen LogP contribution in [0.4, 0.5) is 0 Å². The Morgan fingerprint density at radius 2 is 1.75 bits per heavy atom. The molecule has 0 aromatic heterocycles. The highest BCUT2D eigenvalue weighted by molar-refractivity contribution is 6.39. The van der Waals surface area contributed by atoms with E-state index in [1.165, 1.54) is 12.1 Å². The van der Waals surface area contributed by atoms with Crippen LogP contribution in [-0.2, 0) is 9.59 Å². The normalized spacial score (nSPS) is 15.8. The third kappa shape index (κ3) is 4.61. The number of carboxylic acids is 1. The van der Waals surface area contributed by atoms with Crippen molar-refractivity contribution in [3.63, 3.8) is 0 Å². The molecule has 1 aromatic rings. The number of hydrogen-bond donors (Lipinski definition) is 3. The molecule has 1 fully saturated rings. The van der Waals surface area contributed by atoms with E-state index in [1.54, 1.807) is 6.07 Å². The molecule has 1 aliphatic carbocycles. The second-order valence-corrected chi connectivity index (χ2v) is 6.50. The molecule has 6 nitrogen and oxygen atoms in total. The second kappa shape index (κ2) is 8.35. The molecule has 130 valence electrons. The summed E-state index contributed by atoms with van der Waals surface area (Å²) in [6.07, 6.45) is 3.63. The van der Waals surface area contributed by atoms with Gasteiger partial charge in [0.15, 0.2) is 0 Å². The number of carboxylic acid groups (broad SMARTS) is 1. The Morgan fingerprint density at radius 1 is 1.17 bits per heavy atom. The Bertz CT molecular complexity index is 625. The van der Waals surface area contributed by atoms with Crippen LogP contribution >= 0.6 is 23.2 Å². The lowest BCUT2D eigenvalue weighted by Gasteiger charge is -2.17. The molecule has 1 aromatic carbocycles. The van der Waals surface area contributed by atoms with Crippen LogP contribution < -0.4 is 10.6 Å². The summed E-state index contributed by atoms with van der Waals surface area (Å²) in [5.41, 5.74) is 0.00852. The van der Waals surface area contributed by atoms with Crippen molar-refractivity contribution in [3.05, 3.63) is 33.8 Å². The first-order valence-corrected chi connectivity index (χ1v) is 8.41. The molecular weight excluding hydrogens is 355 g/mol. The highest BCUT2D eigenvalue weighted by Gasteiger charge is 2.27. The van der Waals surface area contributed by atoms with Crippen LogP contribution in [0.15, 0.2) is 18.2 Å². The molecule has 8 heteroatoms. The van der Waals surface area contributed by atoms with E-state index < -0.39 is 17.9 Å². The molecule has 2 rings (SSSR count). The summed E-state index contributed by atoms with van der Waals surface area (Å²) in [4.78, 5) is 35.6. The number of nitrogens with one attached hydrogen (secondary N) is 2. The number of hydrogen-bond acceptors (Lipinski definition) is 3. The van der Waals surface area contributed by atoms with Gasteiger partial charge >= 0.3 is 5.97 Å². The molecule has 0 aliphatic heterocycles. The summed E-state index contributed by atoms with van der Waals surface area (Å²) >= 11 is 11.9. The summed E-state index contributed by atoms with van der Waals surface area (Å²) < 4.78 is 0. The van der Waals surface area contributed by atoms with Gasteiger partial charge in [0.05, 0.1) is 15.6 Å². The van der Waals surface area contributed by atoms with E-state index in [9.17, 15) is 19.5 Å². The minimum atomic E-state index is -1.27. The lowest BCUT2D eigenvalue weighted by atomic mass is 10.1. The standard InChI is InChI=1S/C16H18Cl2N2O4/c17-10-6-3-7-11(18)13(10)15(22)20-12(16(23)24)8-19-14(21)9-4-1-2-5-9/h3,6-7,9,12H,1-2,4-5,8H2,(H,19,21)(H,20,22)(H,23,24)/t12-/m0/s1. The van der Waals surface area contributed by atoms with Gasteiger partial charge in [0.1, 0.15) is 6.04 Å². The number of amides is 2. The number of aliphatic carboxylic acids is 1. The van der Waals surface area contributed by atoms with Crippen LogP contribution in [0.1, 0.15) is 36.0 Å². The average molecular weight is 373 g/mol. The lowest BCUT2D eigenvalue weighted by molar-refractivity contribution is -0.139. The number of benzene rings is 1. The van der Waals surface area contributed by atoms with Gasteiger partial charge in [-0.05, 0) is 25.0 Å². The van der Waals surface area contributed by atoms with Crippen molar-refractivity contribution in [1.82, 2.24) is 10.6 Å². The molecule has 3 N–H and O–H groups in total. The lowest BCUT2D eigenvalue weighted by Crippen LogP contribution is -2.49. The van der Waals surface area contributed by atoms with Crippen LogP contribution in [0.2, 0.25) is 10.0 Å². The third-order valence-electron chi connectivity index (χ3n) is 4.00. The Morgan fingerprint density at radius 3 is 2.29 bits per heavy atom. The predicted molar refractivity (Wildman–Crippen MR) is 90.3 cm³/mol. The van der Waals surface area contributed by atoms with Gasteiger partial charge < -0.3 is 15.7 Å². The monoisotopic (exact) mass is 372 g/mol. The van der Waals surface area contributed by atoms with Gasteiger partial charge in [-0.2, -0.15) is 0 Å². The second-order valence-electron chi connectivity index (χ2n) is 5.69. The zero-order chi connectivity index (χ0) is 17.7. The number of carbonyl (C=O) groups excluding carboxylic acids is 2. The zero-order valence-electron chi connectivity index (χ0n) is 12.9. The minimum absolute atomic E-state index is 0.00852. The average Bonchev–Trinajstić information content (AvgIpc) is 3.05. The Kier molecular flexibility index (Phi) is 6.45. The van der Waals surface area contributed by atoms with Gasteiger partial charge in [0.25, 0.3) is 5.91 Å². The smallest absolute Gasteiger partial charge is 0.328 e. The fourth-order valence-corrected chi connectivity index (χ4v) is 3.25. The van der Waals surface area contributed by atoms with Crippen LogP contribution in [0.5, 0.6) is 0 Å². The SMILES string of the molecule is O=C(N[C@@H](CNC(=O)C1CCCC1)C(=O)O)c1c(Cl)cccc1Cl. The number of halogens is 2. The largest absolute Gasteiger partial charge is 0.480 e. The summed E-state index contributed by atoms with van der Waals surface area (Å²) in [5.74, 6) is -2.21. The van der Waals surface area contributed by atoms with E-state index in [0.29, 0.717) is 0 Å². The molecule has 0 saturated heterocycles. The van der Waals surface area contributed by atoms with E-state index in [0.717, 1.165) is 25.7 Å². The maximum Gasteiger partial charge on any atom is 0.328 e. The summed E-state index contributed by atoms with van der Waals surface area (Å²) in [6, 6.07) is 3.29. The Balaban J connectivity index is 1.99. The van der Waals surface area contributed by atoms with E-state index in [4.69, 9.17) is 23.2 Å². The molecule has 24 heavy (non-hydrogen) atoms. The van der Waals surface area contributed by atoms with Crippen molar-refractivity contribution in [2.24, 2.45) is 5.92 Å². The molecule has 1 saturated carbocycles. The third-order valence-corrected chi connectivity index (χ3v) is 4.63. The maximum atomic E-state index is 12.2. The summed E-state index contributed by atoms with van der Waals surface area (Å²) in [7, 11) is 0. The van der Waals surface area contributed by atoms with Crippen LogP contribution in [0, 0.1) is 5.92 Å². The number of carbonyl (C=O) groups is 3. The van der Waals surface area contributed by atoms with Crippen LogP contribution in [0.3, 0.4) is 0 Å². The summed E-state index contributed by atoms with van der Waals surface area (Å²) in [5, 5.41) is 14.4. The van der Waals surface area contributed by atoms with Crippen molar-refractivity contribution in [1.29, 1.82) is 0 Å². The minimum Gasteiger partial charge on any atom is -0.480 e. The van der Waals surface area contributed by atoms with Crippen molar-refractivity contribution in [2.45, 2.75) is 31.7 Å². The van der Waals surface area contributed by atoms with Gasteiger partial charge in [0.2, 0.25) is 5.91 Å². The highest BCUT2D eigenvalue weighted by Crippen LogP contribution is 2.25. The molecular formula is C16H18Cl2N2O4. The van der Waals surface area contributed by atoms with E-state index in [-0.39, 0.29) is 34.0 Å². The molecule has 1 atom stereocenters. The highest BCUT2D eigenvalue weighted by atomic mass is 35.5. The van der Waals surface area contributed by atoms with Gasteiger partial charge in [-0.1, -0.05) is 42.1 Å². The number of rotatable bonds is 6. The van der Waals surface area contributed by atoms with Crippen molar-refractivity contribution < 1.29 is 19.5 Å².